The highest BCUT2D eigenvalue weighted by atomic mass is 16.6. The minimum Gasteiger partial charge on any atom is -0.462 e. The van der Waals surface area contributed by atoms with E-state index in [2.05, 4.69) is 118 Å². The molecule has 0 aromatic heterocycles. The number of esters is 3. The Hall–Kier alpha value is -3.67. The van der Waals surface area contributed by atoms with Crippen molar-refractivity contribution in [1.29, 1.82) is 0 Å². The molecule has 6 heteroatoms. The zero-order valence-electron chi connectivity index (χ0n) is 54.9. The Morgan fingerprint density at radius 1 is 0.253 bits per heavy atom. The molecule has 0 saturated carbocycles. The first kappa shape index (κ1) is 79.3. The number of hydrogen-bond donors (Lipinski definition) is 0. The quantitative estimate of drug-likeness (QED) is 0.0261. The summed E-state index contributed by atoms with van der Waals surface area (Å²) in [6.45, 7) is 6.50. The van der Waals surface area contributed by atoms with E-state index in [0.717, 1.165) is 116 Å². The van der Waals surface area contributed by atoms with Gasteiger partial charge in [-0.2, -0.15) is 0 Å². The van der Waals surface area contributed by atoms with Crippen molar-refractivity contribution in [3.63, 3.8) is 0 Å². The van der Waals surface area contributed by atoms with Crippen LogP contribution in [-0.4, -0.2) is 37.2 Å². The summed E-state index contributed by atoms with van der Waals surface area (Å²) >= 11 is 0. The van der Waals surface area contributed by atoms with Gasteiger partial charge in [0.15, 0.2) is 6.10 Å². The smallest absolute Gasteiger partial charge is 0.306 e. The van der Waals surface area contributed by atoms with Crippen LogP contribution in [0.15, 0.2) is 97.2 Å². The molecule has 0 N–H and O–H groups in total. The average molecular weight is 1160 g/mol. The van der Waals surface area contributed by atoms with Crippen molar-refractivity contribution in [1.82, 2.24) is 0 Å². The van der Waals surface area contributed by atoms with Crippen LogP contribution in [0.5, 0.6) is 0 Å². The minimum atomic E-state index is -0.783. The summed E-state index contributed by atoms with van der Waals surface area (Å²) in [6, 6.07) is 0. The van der Waals surface area contributed by atoms with Crippen LogP contribution in [0.2, 0.25) is 0 Å². The molecule has 0 aliphatic heterocycles. The molecular formula is C77H134O6. The van der Waals surface area contributed by atoms with E-state index in [1.807, 2.05) is 0 Å². The van der Waals surface area contributed by atoms with E-state index in [-0.39, 0.29) is 31.1 Å². The molecule has 0 spiro atoms. The van der Waals surface area contributed by atoms with E-state index >= 15 is 0 Å². The fraction of sp³-hybridized carbons (Fsp3) is 0.753. The van der Waals surface area contributed by atoms with E-state index in [0.29, 0.717) is 19.3 Å². The maximum Gasteiger partial charge on any atom is 0.306 e. The molecule has 6 nitrogen and oxygen atoms in total. The number of hydrogen-bond acceptors (Lipinski definition) is 6. The van der Waals surface area contributed by atoms with Gasteiger partial charge in [0.1, 0.15) is 13.2 Å². The largest absolute Gasteiger partial charge is 0.462 e. The monoisotopic (exact) mass is 1160 g/mol. The molecule has 0 saturated heterocycles. The lowest BCUT2D eigenvalue weighted by Gasteiger charge is -2.18. The number of unbranched alkanes of at least 4 members (excludes halogenated alkanes) is 38. The van der Waals surface area contributed by atoms with E-state index in [1.54, 1.807) is 0 Å². The second-order valence-corrected chi connectivity index (χ2v) is 23.8. The first-order chi connectivity index (χ1) is 41.0. The molecule has 0 amide bonds. The van der Waals surface area contributed by atoms with E-state index in [9.17, 15) is 14.4 Å². The van der Waals surface area contributed by atoms with Crippen molar-refractivity contribution in [3.05, 3.63) is 97.2 Å². The molecule has 0 aromatic rings. The maximum absolute atomic E-state index is 12.9. The first-order valence-electron chi connectivity index (χ1n) is 35.7. The molecule has 1 atom stereocenters. The predicted octanol–water partition coefficient (Wildman–Crippen LogP) is 24.8. The van der Waals surface area contributed by atoms with Gasteiger partial charge in [-0.15, -0.1) is 0 Å². The summed E-state index contributed by atoms with van der Waals surface area (Å²) in [4.78, 5) is 38.2. The molecule has 83 heavy (non-hydrogen) atoms. The molecule has 1 unspecified atom stereocenters. The van der Waals surface area contributed by atoms with Gasteiger partial charge in [-0.1, -0.05) is 330 Å². The SMILES string of the molecule is CC/C=C\C/C=C\C/C=C\C/C=C\C/C=C\C/C=C\CCCCCCCCC(=O)OC(COC(=O)CCCCCCCCC)COC(=O)CCCCCCCCCCCCCCCCCCCCCCC/C=C\C/C=C\CCCCCCC. The summed E-state index contributed by atoms with van der Waals surface area (Å²) in [5.74, 6) is -0.888. The van der Waals surface area contributed by atoms with Crippen molar-refractivity contribution in [3.8, 4) is 0 Å². The Balaban J connectivity index is 4.05. The van der Waals surface area contributed by atoms with Crippen LogP contribution in [0, 0.1) is 0 Å². The lowest BCUT2D eigenvalue weighted by molar-refractivity contribution is -0.167. The lowest BCUT2D eigenvalue weighted by atomic mass is 10.0. The minimum absolute atomic E-state index is 0.0801. The van der Waals surface area contributed by atoms with Crippen molar-refractivity contribution in [2.24, 2.45) is 0 Å². The van der Waals surface area contributed by atoms with Gasteiger partial charge < -0.3 is 14.2 Å². The van der Waals surface area contributed by atoms with Crippen LogP contribution in [0.3, 0.4) is 0 Å². The van der Waals surface area contributed by atoms with Gasteiger partial charge >= 0.3 is 17.9 Å². The normalized spacial score (nSPS) is 12.7. The van der Waals surface area contributed by atoms with Gasteiger partial charge in [-0.3, -0.25) is 14.4 Å². The van der Waals surface area contributed by atoms with Crippen molar-refractivity contribution < 1.29 is 28.6 Å². The van der Waals surface area contributed by atoms with Crippen LogP contribution in [-0.2, 0) is 28.6 Å². The summed E-state index contributed by atoms with van der Waals surface area (Å²) in [7, 11) is 0. The second-order valence-electron chi connectivity index (χ2n) is 23.8. The van der Waals surface area contributed by atoms with E-state index < -0.39 is 6.10 Å². The molecule has 0 heterocycles. The third-order valence-electron chi connectivity index (χ3n) is 15.6. The Kier molecular flexibility index (Phi) is 67.7. The molecule has 0 aromatic carbocycles. The predicted molar refractivity (Wildman–Crippen MR) is 362 cm³/mol. The lowest BCUT2D eigenvalue weighted by Crippen LogP contribution is -2.30. The standard InChI is InChI=1S/C77H134O6/c1-4-7-10-13-16-18-20-22-24-26-28-30-32-34-35-36-37-38-39-40-41-43-44-46-48-50-52-54-56-58-61-64-67-70-76(79)82-73-74(72-81-75(78)69-66-63-60-15-12-9-6-3)83-77(80)71-68-65-62-59-57-55-53-51-49-47-45-42-33-31-29-27-25-23-21-19-17-14-11-8-5-2/h8,11,17,19-20,22-23,25-26,28-29,31,42,45,49,51,74H,4-7,9-10,12-16,18,21,24,27,30,32-41,43-44,46-48,50,52-73H2,1-3H3/b11-8-,19-17-,22-20-,25-23-,28-26-,31-29-,45-42-,51-49-. The molecule has 0 fully saturated rings. The highest BCUT2D eigenvalue weighted by Gasteiger charge is 2.19. The molecule has 0 bridgehead atoms. The third kappa shape index (κ3) is 69.0. The number of ether oxygens (including phenoxy) is 3. The Labute approximate surface area is 515 Å². The number of carbonyl (C=O) groups excluding carboxylic acids is 3. The van der Waals surface area contributed by atoms with Crippen molar-refractivity contribution >= 4 is 17.9 Å². The van der Waals surface area contributed by atoms with Gasteiger partial charge in [0.05, 0.1) is 0 Å². The van der Waals surface area contributed by atoms with Gasteiger partial charge in [-0.05, 0) is 103 Å². The number of allylic oxidation sites excluding steroid dienone is 16. The van der Waals surface area contributed by atoms with E-state index in [4.69, 9.17) is 14.2 Å². The van der Waals surface area contributed by atoms with Crippen molar-refractivity contribution in [2.75, 3.05) is 13.2 Å². The van der Waals surface area contributed by atoms with Crippen LogP contribution < -0.4 is 0 Å². The Morgan fingerprint density at radius 2 is 0.470 bits per heavy atom. The zero-order valence-corrected chi connectivity index (χ0v) is 54.9. The molecule has 0 aliphatic carbocycles. The molecule has 0 rings (SSSR count). The Morgan fingerprint density at radius 3 is 0.735 bits per heavy atom. The molecular weight excluding hydrogens is 1020 g/mol. The summed E-state index contributed by atoms with van der Waals surface area (Å²) < 4.78 is 16.9. The number of rotatable bonds is 65. The fourth-order valence-corrected chi connectivity index (χ4v) is 10.2. The third-order valence-corrected chi connectivity index (χ3v) is 15.6. The van der Waals surface area contributed by atoms with Crippen LogP contribution in [0.4, 0.5) is 0 Å². The Bertz CT molecular complexity index is 1610. The highest BCUT2D eigenvalue weighted by Crippen LogP contribution is 2.18. The van der Waals surface area contributed by atoms with Crippen LogP contribution in [0.25, 0.3) is 0 Å². The summed E-state index contributed by atoms with van der Waals surface area (Å²) in [5, 5.41) is 0. The summed E-state index contributed by atoms with van der Waals surface area (Å²) in [5.41, 5.74) is 0. The van der Waals surface area contributed by atoms with Gasteiger partial charge in [0, 0.05) is 19.3 Å². The fourth-order valence-electron chi connectivity index (χ4n) is 10.2. The first-order valence-corrected chi connectivity index (χ1v) is 35.7. The highest BCUT2D eigenvalue weighted by molar-refractivity contribution is 5.71. The molecule has 478 valence electrons. The van der Waals surface area contributed by atoms with Crippen molar-refractivity contribution in [2.45, 2.75) is 361 Å². The van der Waals surface area contributed by atoms with Crippen LogP contribution in [0.1, 0.15) is 355 Å². The number of carbonyl (C=O) groups is 3. The van der Waals surface area contributed by atoms with Gasteiger partial charge in [-0.25, -0.2) is 0 Å². The average Bonchev–Trinajstić information content (AvgIpc) is 3.50. The van der Waals surface area contributed by atoms with E-state index in [1.165, 1.54) is 199 Å². The van der Waals surface area contributed by atoms with Gasteiger partial charge in [0.25, 0.3) is 0 Å². The second kappa shape index (κ2) is 70.8. The molecule has 0 radical (unpaired) electrons. The van der Waals surface area contributed by atoms with Gasteiger partial charge in [0.2, 0.25) is 0 Å². The zero-order chi connectivity index (χ0) is 59.9. The molecule has 0 aliphatic rings. The maximum atomic E-state index is 12.9. The summed E-state index contributed by atoms with van der Waals surface area (Å²) in [6.07, 6.45) is 96.2. The topological polar surface area (TPSA) is 78.9 Å². The van der Waals surface area contributed by atoms with Crippen LogP contribution >= 0.6 is 0 Å².